The van der Waals surface area contributed by atoms with Crippen molar-refractivity contribution in [1.82, 2.24) is 4.98 Å². The summed E-state index contributed by atoms with van der Waals surface area (Å²) in [5.41, 5.74) is 5.98. The van der Waals surface area contributed by atoms with E-state index in [4.69, 9.17) is 5.73 Å². The first-order chi connectivity index (χ1) is 9.81. The molecule has 0 aliphatic rings. The van der Waals surface area contributed by atoms with Crippen LogP contribution in [0.2, 0.25) is 0 Å². The monoisotopic (exact) mass is 308 g/mol. The van der Waals surface area contributed by atoms with Crippen LogP contribution in [-0.4, -0.2) is 18.3 Å². The average molecular weight is 308 g/mol. The maximum Gasteiger partial charge on any atom is 0.290 e. The van der Waals surface area contributed by atoms with E-state index < -0.39 is 25.5 Å². The van der Waals surface area contributed by atoms with Crippen molar-refractivity contribution in [1.29, 1.82) is 0 Å². The molecule has 0 radical (unpaired) electrons. The molecule has 0 spiro atoms. The van der Waals surface area contributed by atoms with Crippen LogP contribution >= 0.6 is 0 Å². The van der Waals surface area contributed by atoms with Crippen molar-refractivity contribution in [2.75, 3.05) is 10.5 Å². The van der Waals surface area contributed by atoms with Crippen LogP contribution in [0, 0.1) is 17.0 Å². The Kier molecular flexibility index (Phi) is 3.76. The van der Waals surface area contributed by atoms with Gasteiger partial charge >= 0.3 is 0 Å². The molecule has 0 amide bonds. The van der Waals surface area contributed by atoms with E-state index in [9.17, 15) is 18.5 Å². The highest BCUT2D eigenvalue weighted by molar-refractivity contribution is 7.92. The van der Waals surface area contributed by atoms with Crippen LogP contribution in [0.25, 0.3) is 0 Å². The van der Waals surface area contributed by atoms with Crippen LogP contribution in [0.15, 0.2) is 41.6 Å². The van der Waals surface area contributed by atoms with Gasteiger partial charge in [0.1, 0.15) is 0 Å². The molecule has 0 atom stereocenters. The molecular formula is C12H12N4O4S. The Bertz CT molecular complexity index is 805. The lowest BCUT2D eigenvalue weighted by Gasteiger charge is -2.10. The third-order valence-electron chi connectivity index (χ3n) is 2.75. The maximum atomic E-state index is 12.3. The molecule has 0 aliphatic carbocycles. The molecule has 110 valence electrons. The number of sulfonamides is 1. The number of nitrogens with two attached hydrogens (primary N) is 1. The molecule has 3 N–H and O–H groups in total. The maximum absolute atomic E-state index is 12.3. The predicted octanol–water partition coefficient (Wildman–Crippen LogP) is 1.68. The first kappa shape index (κ1) is 14.7. The van der Waals surface area contributed by atoms with E-state index in [0.29, 0.717) is 5.56 Å². The summed E-state index contributed by atoms with van der Waals surface area (Å²) in [6.07, 6.45) is 2.83. The summed E-state index contributed by atoms with van der Waals surface area (Å²) in [4.78, 5) is 13.5. The van der Waals surface area contributed by atoms with Crippen molar-refractivity contribution < 1.29 is 13.3 Å². The molecule has 21 heavy (non-hydrogen) atoms. The number of hydrogen-bond donors (Lipinski definition) is 2. The van der Waals surface area contributed by atoms with Crippen molar-refractivity contribution in [3.8, 4) is 0 Å². The Morgan fingerprint density at radius 3 is 2.67 bits per heavy atom. The number of hydrogen-bond acceptors (Lipinski definition) is 6. The molecule has 1 aromatic heterocycles. The van der Waals surface area contributed by atoms with E-state index in [2.05, 4.69) is 9.71 Å². The van der Waals surface area contributed by atoms with Crippen molar-refractivity contribution in [2.24, 2.45) is 0 Å². The van der Waals surface area contributed by atoms with Gasteiger partial charge in [0, 0.05) is 18.0 Å². The third kappa shape index (κ3) is 3.08. The Morgan fingerprint density at radius 1 is 1.33 bits per heavy atom. The van der Waals surface area contributed by atoms with Crippen molar-refractivity contribution >= 4 is 27.1 Å². The first-order valence-electron chi connectivity index (χ1n) is 5.78. The SMILES string of the molecule is Cc1ccncc1NS(=O)(=O)c1cc(N)ccc1[N+](=O)[O-]. The van der Waals surface area contributed by atoms with Gasteiger partial charge in [0.15, 0.2) is 4.90 Å². The summed E-state index contributed by atoms with van der Waals surface area (Å²) < 4.78 is 26.9. The Morgan fingerprint density at radius 2 is 2.05 bits per heavy atom. The smallest absolute Gasteiger partial charge is 0.290 e. The van der Waals surface area contributed by atoms with Crippen LogP contribution in [-0.2, 0) is 10.0 Å². The predicted molar refractivity (Wildman–Crippen MR) is 77.3 cm³/mol. The average Bonchev–Trinajstić information content (AvgIpc) is 2.41. The second-order valence-electron chi connectivity index (χ2n) is 4.28. The number of pyridine rings is 1. The molecule has 0 aliphatic heterocycles. The number of anilines is 2. The highest BCUT2D eigenvalue weighted by Gasteiger charge is 2.26. The normalized spacial score (nSPS) is 11.1. The van der Waals surface area contributed by atoms with Gasteiger partial charge in [-0.1, -0.05) is 0 Å². The minimum absolute atomic E-state index is 0.115. The minimum Gasteiger partial charge on any atom is -0.399 e. The van der Waals surface area contributed by atoms with Crippen LogP contribution in [0.5, 0.6) is 0 Å². The van der Waals surface area contributed by atoms with Crippen molar-refractivity contribution in [3.63, 3.8) is 0 Å². The van der Waals surface area contributed by atoms with E-state index >= 15 is 0 Å². The first-order valence-corrected chi connectivity index (χ1v) is 7.27. The van der Waals surface area contributed by atoms with E-state index in [0.717, 1.165) is 12.1 Å². The van der Waals surface area contributed by atoms with Crippen LogP contribution < -0.4 is 10.5 Å². The number of nitro benzene ring substituents is 1. The number of nitro groups is 1. The van der Waals surface area contributed by atoms with Gasteiger partial charge < -0.3 is 5.73 Å². The number of nitrogens with one attached hydrogen (secondary N) is 1. The fraction of sp³-hybridized carbons (Fsp3) is 0.0833. The number of nitrogens with zero attached hydrogens (tertiary/aromatic N) is 2. The van der Waals surface area contributed by atoms with E-state index in [1.807, 2.05) is 0 Å². The number of nitrogen functional groups attached to an aromatic ring is 1. The van der Waals surface area contributed by atoms with Gasteiger partial charge in [-0.05, 0) is 30.7 Å². The zero-order valence-corrected chi connectivity index (χ0v) is 11.8. The molecule has 2 aromatic rings. The van der Waals surface area contributed by atoms with E-state index in [1.165, 1.54) is 18.5 Å². The minimum atomic E-state index is -4.15. The number of aromatic nitrogens is 1. The van der Waals surface area contributed by atoms with Gasteiger partial charge in [-0.2, -0.15) is 0 Å². The highest BCUT2D eigenvalue weighted by atomic mass is 32.2. The van der Waals surface area contributed by atoms with Crippen LogP contribution in [0.4, 0.5) is 17.1 Å². The van der Waals surface area contributed by atoms with Gasteiger partial charge in [0.2, 0.25) is 0 Å². The Labute approximate surface area is 120 Å². The quantitative estimate of drug-likeness (QED) is 0.502. The standard InChI is InChI=1S/C12H12N4O4S/c1-8-4-5-14-7-10(8)15-21(19,20)12-6-9(13)2-3-11(12)16(17)18/h2-7,15H,13H2,1H3. The second-order valence-corrected chi connectivity index (χ2v) is 5.93. The molecule has 9 heteroatoms. The molecule has 0 saturated heterocycles. The molecule has 1 heterocycles. The van der Waals surface area contributed by atoms with Gasteiger partial charge in [0.05, 0.1) is 16.8 Å². The zero-order valence-electron chi connectivity index (χ0n) is 11.0. The Hall–Kier alpha value is -2.68. The van der Waals surface area contributed by atoms with Crippen LogP contribution in [0.1, 0.15) is 5.56 Å². The summed E-state index contributed by atoms with van der Waals surface area (Å²) in [6, 6.07) is 4.99. The highest BCUT2D eigenvalue weighted by Crippen LogP contribution is 2.28. The molecule has 0 fully saturated rings. The number of aryl methyl sites for hydroxylation is 1. The lowest BCUT2D eigenvalue weighted by Crippen LogP contribution is -2.16. The molecular weight excluding hydrogens is 296 g/mol. The number of benzene rings is 1. The molecule has 0 bridgehead atoms. The molecule has 1 aromatic carbocycles. The van der Waals surface area contributed by atoms with Gasteiger partial charge in [-0.25, -0.2) is 8.42 Å². The summed E-state index contributed by atoms with van der Waals surface area (Å²) >= 11 is 0. The van der Waals surface area contributed by atoms with Crippen molar-refractivity contribution in [3.05, 3.63) is 52.3 Å². The third-order valence-corrected chi connectivity index (χ3v) is 4.15. The fourth-order valence-corrected chi connectivity index (χ4v) is 2.99. The summed E-state index contributed by atoms with van der Waals surface area (Å²) in [6.45, 7) is 1.69. The topological polar surface area (TPSA) is 128 Å². The van der Waals surface area contributed by atoms with Crippen LogP contribution in [0.3, 0.4) is 0 Å². The molecule has 0 unspecified atom stereocenters. The van der Waals surface area contributed by atoms with E-state index in [-0.39, 0.29) is 11.4 Å². The second kappa shape index (κ2) is 5.37. The fourth-order valence-electron chi connectivity index (χ4n) is 1.67. The van der Waals surface area contributed by atoms with Gasteiger partial charge in [-0.3, -0.25) is 19.8 Å². The van der Waals surface area contributed by atoms with E-state index in [1.54, 1.807) is 13.0 Å². The van der Waals surface area contributed by atoms with Gasteiger partial charge in [-0.15, -0.1) is 0 Å². The number of rotatable bonds is 4. The molecule has 0 saturated carbocycles. The lowest BCUT2D eigenvalue weighted by molar-refractivity contribution is -0.387. The zero-order chi connectivity index (χ0) is 15.6. The molecule has 2 rings (SSSR count). The van der Waals surface area contributed by atoms with Crippen molar-refractivity contribution in [2.45, 2.75) is 11.8 Å². The summed E-state index contributed by atoms with van der Waals surface area (Å²) in [5.74, 6) is 0. The summed E-state index contributed by atoms with van der Waals surface area (Å²) in [5, 5.41) is 11.0. The summed E-state index contributed by atoms with van der Waals surface area (Å²) in [7, 11) is -4.15. The molecule has 8 nitrogen and oxygen atoms in total. The Balaban J connectivity index is 2.52. The lowest BCUT2D eigenvalue weighted by atomic mass is 10.3. The van der Waals surface area contributed by atoms with Gasteiger partial charge in [0.25, 0.3) is 15.7 Å². The largest absolute Gasteiger partial charge is 0.399 e.